The van der Waals surface area contributed by atoms with Gasteiger partial charge in [-0.25, -0.2) is 4.79 Å². The van der Waals surface area contributed by atoms with E-state index in [-0.39, 0.29) is 6.61 Å². The molecule has 1 N–H and O–H groups in total. The van der Waals surface area contributed by atoms with Crippen molar-refractivity contribution in [2.24, 2.45) is 0 Å². The van der Waals surface area contributed by atoms with E-state index in [1.165, 1.54) is 10.5 Å². The zero-order valence-electron chi connectivity index (χ0n) is 13.0. The van der Waals surface area contributed by atoms with Crippen LogP contribution < -0.4 is 4.74 Å². The van der Waals surface area contributed by atoms with Crippen LogP contribution in [0, 0.1) is 0 Å². The molecule has 23 heavy (non-hydrogen) atoms. The average Bonchev–Trinajstić information content (AvgIpc) is 2.54. The first kappa shape index (κ1) is 17.2. The first-order chi connectivity index (χ1) is 11.1. The highest BCUT2D eigenvalue weighted by Crippen LogP contribution is 2.26. The van der Waals surface area contributed by atoms with Gasteiger partial charge in [-0.1, -0.05) is 48.0 Å². The van der Waals surface area contributed by atoms with E-state index in [4.69, 9.17) is 21.4 Å². The maximum Gasteiger partial charge on any atom is 0.407 e. The van der Waals surface area contributed by atoms with E-state index in [9.17, 15) is 4.79 Å². The molecule has 0 fully saturated rings. The smallest absolute Gasteiger partial charge is 0.407 e. The summed E-state index contributed by atoms with van der Waals surface area (Å²) in [5.74, 6) is 0.574. The molecule has 122 valence electrons. The summed E-state index contributed by atoms with van der Waals surface area (Å²) < 4.78 is 5.59. The van der Waals surface area contributed by atoms with Gasteiger partial charge in [0.2, 0.25) is 0 Å². The molecule has 0 heterocycles. The van der Waals surface area contributed by atoms with E-state index in [2.05, 4.69) is 12.1 Å². The third-order valence-electron chi connectivity index (χ3n) is 3.52. The summed E-state index contributed by atoms with van der Waals surface area (Å²) in [6.45, 7) is 2.81. The standard InChI is InChI=1S/C18H20ClNO3/c1-2-20(18(21)22)10-11-23-17-9-8-15(13-16(17)19)12-14-6-4-3-5-7-14/h3-9,13H,2,10-12H2,1H3,(H,21,22). The van der Waals surface area contributed by atoms with Crippen LogP contribution in [-0.2, 0) is 6.42 Å². The highest BCUT2D eigenvalue weighted by atomic mass is 35.5. The number of rotatable bonds is 7. The van der Waals surface area contributed by atoms with Crippen LogP contribution in [0.25, 0.3) is 0 Å². The molecule has 0 aliphatic carbocycles. The highest BCUT2D eigenvalue weighted by molar-refractivity contribution is 6.32. The molecule has 0 bridgehead atoms. The minimum Gasteiger partial charge on any atom is -0.490 e. The van der Waals surface area contributed by atoms with E-state index >= 15 is 0 Å². The molecule has 0 radical (unpaired) electrons. The Morgan fingerprint density at radius 2 is 1.91 bits per heavy atom. The number of benzene rings is 2. The van der Waals surface area contributed by atoms with Gasteiger partial charge in [-0.3, -0.25) is 0 Å². The molecule has 1 amide bonds. The summed E-state index contributed by atoms with van der Waals surface area (Å²) in [4.78, 5) is 12.2. The number of halogens is 1. The van der Waals surface area contributed by atoms with Gasteiger partial charge >= 0.3 is 6.09 Å². The summed E-state index contributed by atoms with van der Waals surface area (Å²) in [6.07, 6.45) is -0.135. The first-order valence-electron chi connectivity index (χ1n) is 7.53. The van der Waals surface area contributed by atoms with Gasteiger partial charge in [0.05, 0.1) is 11.6 Å². The fourth-order valence-corrected chi connectivity index (χ4v) is 2.52. The van der Waals surface area contributed by atoms with Gasteiger partial charge in [0.25, 0.3) is 0 Å². The molecular weight excluding hydrogens is 314 g/mol. The predicted molar refractivity (Wildman–Crippen MR) is 91.5 cm³/mol. The molecule has 0 saturated carbocycles. The lowest BCUT2D eigenvalue weighted by Gasteiger charge is -2.17. The lowest BCUT2D eigenvalue weighted by molar-refractivity contribution is 0.138. The summed E-state index contributed by atoms with van der Waals surface area (Å²) in [6, 6.07) is 15.9. The summed E-state index contributed by atoms with van der Waals surface area (Å²) in [5, 5.41) is 9.48. The molecule has 0 aliphatic heterocycles. The maximum atomic E-state index is 10.9. The highest BCUT2D eigenvalue weighted by Gasteiger charge is 2.09. The second-order valence-electron chi connectivity index (χ2n) is 5.14. The number of carbonyl (C=O) groups is 1. The Balaban J connectivity index is 1.93. The van der Waals surface area contributed by atoms with Crippen molar-refractivity contribution in [1.29, 1.82) is 0 Å². The number of ether oxygens (including phenoxy) is 1. The topological polar surface area (TPSA) is 49.8 Å². The fourth-order valence-electron chi connectivity index (χ4n) is 2.26. The second kappa shape index (κ2) is 8.44. The Hall–Kier alpha value is -2.20. The first-order valence-corrected chi connectivity index (χ1v) is 7.91. The van der Waals surface area contributed by atoms with Crippen LogP contribution >= 0.6 is 11.6 Å². The lowest BCUT2D eigenvalue weighted by Crippen LogP contribution is -2.33. The molecule has 2 aromatic rings. The molecular formula is C18H20ClNO3. The van der Waals surface area contributed by atoms with Gasteiger partial charge in [-0.2, -0.15) is 0 Å². The average molecular weight is 334 g/mol. The molecule has 0 atom stereocenters. The van der Waals surface area contributed by atoms with Crippen molar-refractivity contribution in [3.05, 3.63) is 64.7 Å². The Morgan fingerprint density at radius 3 is 2.52 bits per heavy atom. The molecule has 2 aromatic carbocycles. The lowest BCUT2D eigenvalue weighted by atomic mass is 10.1. The molecule has 0 spiro atoms. The van der Waals surface area contributed by atoms with Crippen molar-refractivity contribution in [3.8, 4) is 5.75 Å². The van der Waals surface area contributed by atoms with Gasteiger partial charge < -0.3 is 14.7 Å². The van der Waals surface area contributed by atoms with Crippen LogP contribution in [0.2, 0.25) is 5.02 Å². The van der Waals surface area contributed by atoms with E-state index < -0.39 is 6.09 Å². The molecule has 4 nitrogen and oxygen atoms in total. The van der Waals surface area contributed by atoms with Crippen LogP contribution in [0.3, 0.4) is 0 Å². The SMILES string of the molecule is CCN(CCOc1ccc(Cc2ccccc2)cc1Cl)C(=O)O. The summed E-state index contributed by atoms with van der Waals surface area (Å²) in [5.41, 5.74) is 2.33. The van der Waals surface area contributed by atoms with Crippen molar-refractivity contribution in [1.82, 2.24) is 4.90 Å². The quantitative estimate of drug-likeness (QED) is 0.821. The Kier molecular flexibility index (Phi) is 6.29. The minimum absolute atomic E-state index is 0.276. The van der Waals surface area contributed by atoms with Crippen molar-refractivity contribution in [2.75, 3.05) is 19.7 Å². The van der Waals surface area contributed by atoms with Crippen molar-refractivity contribution in [3.63, 3.8) is 0 Å². The zero-order chi connectivity index (χ0) is 16.7. The van der Waals surface area contributed by atoms with E-state index in [0.29, 0.717) is 23.9 Å². The largest absolute Gasteiger partial charge is 0.490 e. The third-order valence-corrected chi connectivity index (χ3v) is 3.81. The van der Waals surface area contributed by atoms with Crippen LogP contribution in [0.1, 0.15) is 18.1 Å². The summed E-state index contributed by atoms with van der Waals surface area (Å²) >= 11 is 6.25. The maximum absolute atomic E-state index is 10.9. The van der Waals surface area contributed by atoms with Gasteiger partial charge in [-0.05, 0) is 36.6 Å². The van der Waals surface area contributed by atoms with Crippen molar-refractivity contribution >= 4 is 17.7 Å². The molecule has 0 unspecified atom stereocenters. The molecule has 0 aromatic heterocycles. The minimum atomic E-state index is -0.944. The van der Waals surface area contributed by atoms with Crippen LogP contribution in [0.15, 0.2) is 48.5 Å². The molecule has 2 rings (SSSR count). The van der Waals surface area contributed by atoms with Gasteiger partial charge in [0.1, 0.15) is 12.4 Å². The van der Waals surface area contributed by atoms with Crippen molar-refractivity contribution in [2.45, 2.75) is 13.3 Å². The third kappa shape index (κ3) is 5.18. The molecule has 0 saturated heterocycles. The van der Waals surface area contributed by atoms with E-state index in [0.717, 1.165) is 12.0 Å². The zero-order valence-corrected chi connectivity index (χ0v) is 13.8. The normalized spacial score (nSPS) is 10.3. The summed E-state index contributed by atoms with van der Waals surface area (Å²) in [7, 11) is 0. The predicted octanol–water partition coefficient (Wildman–Crippen LogP) is 4.31. The van der Waals surface area contributed by atoms with Crippen molar-refractivity contribution < 1.29 is 14.6 Å². The van der Waals surface area contributed by atoms with E-state index in [1.807, 2.05) is 36.4 Å². The monoisotopic (exact) mass is 333 g/mol. The molecule has 5 heteroatoms. The number of likely N-dealkylation sites (N-methyl/N-ethyl adjacent to an activating group) is 1. The van der Waals surface area contributed by atoms with Gasteiger partial charge in [0, 0.05) is 6.54 Å². The van der Waals surface area contributed by atoms with Crippen LogP contribution in [0.4, 0.5) is 4.79 Å². The number of carboxylic acid groups (broad SMARTS) is 1. The Labute approximate surface area is 141 Å². The van der Waals surface area contributed by atoms with Gasteiger partial charge in [0.15, 0.2) is 0 Å². The molecule has 0 aliphatic rings. The number of nitrogens with zero attached hydrogens (tertiary/aromatic N) is 1. The number of amides is 1. The number of hydrogen-bond donors (Lipinski definition) is 1. The van der Waals surface area contributed by atoms with Gasteiger partial charge in [-0.15, -0.1) is 0 Å². The Bertz CT molecular complexity index is 646. The number of hydrogen-bond acceptors (Lipinski definition) is 2. The van der Waals surface area contributed by atoms with Crippen LogP contribution in [-0.4, -0.2) is 35.8 Å². The Morgan fingerprint density at radius 1 is 1.17 bits per heavy atom. The van der Waals surface area contributed by atoms with E-state index in [1.54, 1.807) is 6.92 Å². The second-order valence-corrected chi connectivity index (χ2v) is 5.55. The van der Waals surface area contributed by atoms with Crippen LogP contribution in [0.5, 0.6) is 5.75 Å². The fraction of sp³-hybridized carbons (Fsp3) is 0.278.